The number of hydrogen-bond acceptors (Lipinski definition) is 4. The molecule has 2 rings (SSSR count). The number of rotatable bonds is 5. The van der Waals surface area contributed by atoms with Crippen molar-refractivity contribution < 1.29 is 0 Å². The Hall–Kier alpha value is -1.07. The molecule has 0 fully saturated rings. The number of thioether (sulfide) groups is 1. The van der Waals surface area contributed by atoms with Crippen LogP contribution in [0.25, 0.3) is 0 Å². The number of aromatic nitrogens is 2. The van der Waals surface area contributed by atoms with Gasteiger partial charge in [0.25, 0.3) is 0 Å². The van der Waals surface area contributed by atoms with E-state index in [1.807, 2.05) is 0 Å². The third kappa shape index (κ3) is 4.21. The normalized spacial score (nSPS) is 10.5. The van der Waals surface area contributed by atoms with Crippen LogP contribution in [-0.2, 0) is 5.75 Å². The maximum Gasteiger partial charge on any atom is 0.144 e. The summed E-state index contributed by atoms with van der Waals surface area (Å²) in [4.78, 5) is 10.1. The van der Waals surface area contributed by atoms with E-state index in [-0.39, 0.29) is 0 Å². The minimum Gasteiger partial charge on any atom is -0.369 e. The van der Waals surface area contributed by atoms with E-state index in [1.165, 1.54) is 10.5 Å². The van der Waals surface area contributed by atoms with Crippen LogP contribution in [0.1, 0.15) is 18.3 Å². The lowest BCUT2D eigenvalue weighted by molar-refractivity contribution is 1.01. The third-order valence-electron chi connectivity index (χ3n) is 2.53. The Bertz CT molecular complexity index is 543. The minimum atomic E-state index is 0.773. The van der Waals surface area contributed by atoms with Crippen molar-refractivity contribution in [3.8, 4) is 0 Å². The van der Waals surface area contributed by atoms with Crippen LogP contribution in [0.5, 0.6) is 0 Å². The molecule has 0 radical (unpaired) electrons. The lowest BCUT2D eigenvalue weighted by Crippen LogP contribution is -2.03. The Labute approximate surface area is 126 Å². The summed E-state index contributed by atoms with van der Waals surface area (Å²) >= 11 is 5.19. The number of aryl methyl sites for hydroxylation is 1. The van der Waals surface area contributed by atoms with Crippen molar-refractivity contribution in [1.29, 1.82) is 0 Å². The van der Waals surface area contributed by atoms with Gasteiger partial charge in [-0.1, -0.05) is 17.7 Å². The second-order valence-electron chi connectivity index (χ2n) is 4.11. The highest BCUT2D eigenvalue weighted by Gasteiger charge is 2.04. The highest BCUT2D eigenvalue weighted by molar-refractivity contribution is 9.10. The molecule has 0 aliphatic carbocycles. The van der Waals surface area contributed by atoms with Crippen molar-refractivity contribution in [2.24, 2.45) is 0 Å². The van der Waals surface area contributed by atoms with Crippen LogP contribution in [0.3, 0.4) is 0 Å². The van der Waals surface area contributed by atoms with E-state index in [0.29, 0.717) is 0 Å². The molecule has 0 aliphatic heterocycles. The average Bonchev–Trinajstić information content (AvgIpc) is 2.42. The molecule has 2 aromatic rings. The Balaban J connectivity index is 2.03. The molecule has 0 amide bonds. The Morgan fingerprint density at radius 3 is 2.68 bits per heavy atom. The fourth-order valence-corrected chi connectivity index (χ4v) is 2.64. The van der Waals surface area contributed by atoms with Crippen molar-refractivity contribution >= 4 is 33.5 Å². The van der Waals surface area contributed by atoms with Crippen LogP contribution in [0.4, 0.5) is 5.82 Å². The number of halogens is 1. The quantitative estimate of drug-likeness (QED) is 0.826. The standard InChI is InChI=1S/C14H16BrN3S/c1-3-16-14-12(15)8-17-13(18-14)9-19-11-6-4-10(2)5-7-11/h4-8H,3,9H2,1-2H3,(H,16,17,18). The summed E-state index contributed by atoms with van der Waals surface area (Å²) in [5, 5.41) is 3.21. The molecule has 1 aromatic carbocycles. The zero-order valence-corrected chi connectivity index (χ0v) is 13.4. The van der Waals surface area contributed by atoms with Gasteiger partial charge >= 0.3 is 0 Å². The molecule has 0 saturated carbocycles. The van der Waals surface area contributed by atoms with Gasteiger partial charge in [-0.15, -0.1) is 11.8 Å². The molecule has 100 valence electrons. The summed E-state index contributed by atoms with van der Waals surface area (Å²) < 4.78 is 0.901. The van der Waals surface area contributed by atoms with E-state index in [1.54, 1.807) is 18.0 Å². The molecule has 0 aliphatic rings. The summed E-state index contributed by atoms with van der Waals surface area (Å²) in [6.07, 6.45) is 1.80. The first-order valence-corrected chi connectivity index (χ1v) is 7.91. The zero-order chi connectivity index (χ0) is 13.7. The van der Waals surface area contributed by atoms with Crippen LogP contribution in [-0.4, -0.2) is 16.5 Å². The molecule has 0 bridgehead atoms. The summed E-state index contributed by atoms with van der Waals surface area (Å²) in [5.74, 6) is 2.47. The number of nitrogens with one attached hydrogen (secondary N) is 1. The Morgan fingerprint density at radius 2 is 2.00 bits per heavy atom. The van der Waals surface area contributed by atoms with Crippen LogP contribution < -0.4 is 5.32 Å². The number of anilines is 1. The van der Waals surface area contributed by atoms with Crippen molar-refractivity contribution in [2.75, 3.05) is 11.9 Å². The van der Waals surface area contributed by atoms with E-state index in [9.17, 15) is 0 Å². The van der Waals surface area contributed by atoms with Gasteiger partial charge < -0.3 is 5.32 Å². The monoisotopic (exact) mass is 337 g/mol. The van der Waals surface area contributed by atoms with Crippen molar-refractivity contribution in [1.82, 2.24) is 9.97 Å². The maximum atomic E-state index is 4.50. The molecule has 0 spiro atoms. The molecule has 1 aromatic heterocycles. The Morgan fingerprint density at radius 1 is 1.26 bits per heavy atom. The molecule has 3 nitrogen and oxygen atoms in total. The molecular formula is C14H16BrN3S. The molecule has 1 heterocycles. The maximum absolute atomic E-state index is 4.50. The van der Waals surface area contributed by atoms with Crippen LogP contribution >= 0.6 is 27.7 Å². The topological polar surface area (TPSA) is 37.8 Å². The van der Waals surface area contributed by atoms with Gasteiger partial charge in [-0.05, 0) is 41.9 Å². The SMILES string of the molecule is CCNc1nc(CSc2ccc(C)cc2)ncc1Br. The van der Waals surface area contributed by atoms with E-state index < -0.39 is 0 Å². The molecule has 1 N–H and O–H groups in total. The van der Waals surface area contributed by atoms with Gasteiger partial charge in [-0.3, -0.25) is 0 Å². The lowest BCUT2D eigenvalue weighted by atomic mass is 10.2. The second-order valence-corrected chi connectivity index (χ2v) is 6.02. The summed E-state index contributed by atoms with van der Waals surface area (Å²) in [6, 6.07) is 8.50. The first-order valence-electron chi connectivity index (χ1n) is 6.14. The first-order chi connectivity index (χ1) is 9.19. The highest BCUT2D eigenvalue weighted by Crippen LogP contribution is 2.24. The van der Waals surface area contributed by atoms with Gasteiger partial charge in [0.15, 0.2) is 0 Å². The predicted molar refractivity (Wildman–Crippen MR) is 84.6 cm³/mol. The fraction of sp³-hybridized carbons (Fsp3) is 0.286. The van der Waals surface area contributed by atoms with E-state index >= 15 is 0 Å². The molecule has 5 heteroatoms. The van der Waals surface area contributed by atoms with E-state index in [4.69, 9.17) is 0 Å². The van der Waals surface area contributed by atoms with Gasteiger partial charge in [-0.25, -0.2) is 9.97 Å². The molecular weight excluding hydrogens is 322 g/mol. The summed E-state index contributed by atoms with van der Waals surface area (Å²) in [6.45, 7) is 4.99. The van der Waals surface area contributed by atoms with Gasteiger partial charge in [0, 0.05) is 17.6 Å². The molecule has 0 unspecified atom stereocenters. The second kappa shape index (κ2) is 6.91. The van der Waals surface area contributed by atoms with E-state index in [2.05, 4.69) is 69.3 Å². The molecule has 0 atom stereocenters. The number of benzene rings is 1. The molecule has 19 heavy (non-hydrogen) atoms. The summed E-state index contributed by atoms with van der Waals surface area (Å²) in [5.41, 5.74) is 1.28. The average molecular weight is 338 g/mol. The van der Waals surface area contributed by atoms with Crippen LogP contribution in [0, 0.1) is 6.92 Å². The fourth-order valence-electron chi connectivity index (χ4n) is 1.55. The first kappa shape index (κ1) is 14.3. The number of hydrogen-bond donors (Lipinski definition) is 1. The highest BCUT2D eigenvalue weighted by atomic mass is 79.9. The largest absolute Gasteiger partial charge is 0.369 e. The minimum absolute atomic E-state index is 0.773. The van der Waals surface area contributed by atoms with Crippen LogP contribution in [0.2, 0.25) is 0 Å². The van der Waals surface area contributed by atoms with Gasteiger partial charge in [0.05, 0.1) is 10.2 Å². The van der Waals surface area contributed by atoms with Gasteiger partial charge in [-0.2, -0.15) is 0 Å². The summed E-state index contributed by atoms with van der Waals surface area (Å²) in [7, 11) is 0. The van der Waals surface area contributed by atoms with Gasteiger partial charge in [0.1, 0.15) is 11.6 Å². The Kier molecular flexibility index (Phi) is 5.22. The number of nitrogens with zero attached hydrogens (tertiary/aromatic N) is 2. The lowest BCUT2D eigenvalue weighted by Gasteiger charge is -2.07. The van der Waals surface area contributed by atoms with Crippen molar-refractivity contribution in [2.45, 2.75) is 24.5 Å². The molecule has 0 saturated heterocycles. The smallest absolute Gasteiger partial charge is 0.144 e. The van der Waals surface area contributed by atoms with Crippen LogP contribution in [0.15, 0.2) is 39.8 Å². The van der Waals surface area contributed by atoms with Crippen molar-refractivity contribution in [3.63, 3.8) is 0 Å². The van der Waals surface area contributed by atoms with Crippen molar-refractivity contribution in [3.05, 3.63) is 46.3 Å². The van der Waals surface area contributed by atoms with E-state index in [0.717, 1.165) is 28.4 Å². The zero-order valence-electron chi connectivity index (χ0n) is 11.0. The third-order valence-corrected chi connectivity index (χ3v) is 4.12. The predicted octanol–water partition coefficient (Wildman–Crippen LogP) is 4.27. The van der Waals surface area contributed by atoms with Gasteiger partial charge in [0.2, 0.25) is 0 Å².